The molecule has 2 aromatic rings. The minimum atomic E-state index is -1.14. The van der Waals surface area contributed by atoms with Crippen LogP contribution in [0.1, 0.15) is 24.2 Å². The van der Waals surface area contributed by atoms with Crippen molar-refractivity contribution in [2.75, 3.05) is 5.75 Å². The van der Waals surface area contributed by atoms with Gasteiger partial charge in [0.15, 0.2) is 0 Å². The van der Waals surface area contributed by atoms with Gasteiger partial charge in [0.05, 0.1) is 27.6 Å². The first-order valence-electron chi connectivity index (χ1n) is 6.85. The summed E-state index contributed by atoms with van der Waals surface area (Å²) in [6.07, 6.45) is 5.26. The maximum atomic E-state index is 12.4. The zero-order chi connectivity index (χ0) is 15.2. The monoisotopic (exact) mass is 305 g/mol. The summed E-state index contributed by atoms with van der Waals surface area (Å²) in [7, 11) is -1.14. The van der Waals surface area contributed by atoms with Crippen molar-refractivity contribution >= 4 is 16.7 Å². The van der Waals surface area contributed by atoms with Crippen LogP contribution in [0.5, 0.6) is 0 Å². The summed E-state index contributed by atoms with van der Waals surface area (Å²) in [5, 5.41) is 2.93. The number of hydrogen-bond acceptors (Lipinski definition) is 3. The van der Waals surface area contributed by atoms with E-state index < -0.39 is 10.8 Å². The molecule has 21 heavy (non-hydrogen) atoms. The molecule has 0 radical (unpaired) electrons. The van der Waals surface area contributed by atoms with Crippen LogP contribution in [0.2, 0.25) is 0 Å². The minimum Gasteiger partial charge on any atom is -0.348 e. The van der Waals surface area contributed by atoms with Gasteiger partial charge in [-0.3, -0.25) is 9.00 Å². The van der Waals surface area contributed by atoms with Crippen molar-refractivity contribution in [3.63, 3.8) is 0 Å². The predicted molar refractivity (Wildman–Crippen MR) is 82.5 cm³/mol. The fourth-order valence-electron chi connectivity index (χ4n) is 2.07. The van der Waals surface area contributed by atoms with E-state index in [1.807, 2.05) is 24.6 Å². The Hall–Kier alpha value is -1.95. The maximum absolute atomic E-state index is 12.4. The first-order valence-corrected chi connectivity index (χ1v) is 8.17. The van der Waals surface area contributed by atoms with Gasteiger partial charge in [0, 0.05) is 30.7 Å². The lowest BCUT2D eigenvalue weighted by Crippen LogP contribution is -2.36. The summed E-state index contributed by atoms with van der Waals surface area (Å²) in [6, 6.07) is 6.99. The first kappa shape index (κ1) is 15.4. The molecule has 0 fully saturated rings. The molecule has 0 bridgehead atoms. The highest BCUT2D eigenvalue weighted by atomic mass is 32.2. The van der Waals surface area contributed by atoms with E-state index in [-0.39, 0.29) is 11.9 Å². The van der Waals surface area contributed by atoms with Crippen molar-refractivity contribution in [3.05, 3.63) is 48.5 Å². The molecule has 112 valence electrons. The number of hydrogen-bond donors (Lipinski definition) is 1. The molecule has 0 unspecified atom stereocenters. The van der Waals surface area contributed by atoms with Gasteiger partial charge in [0.25, 0.3) is 5.91 Å². The molecule has 1 N–H and O–H groups in total. The van der Waals surface area contributed by atoms with Crippen molar-refractivity contribution < 1.29 is 9.00 Å². The van der Waals surface area contributed by atoms with Crippen LogP contribution in [0.25, 0.3) is 0 Å². The molecule has 2 atom stereocenters. The molecule has 1 aromatic carbocycles. The lowest BCUT2D eigenvalue weighted by Gasteiger charge is -2.15. The van der Waals surface area contributed by atoms with Crippen LogP contribution in [-0.2, 0) is 17.3 Å². The summed E-state index contributed by atoms with van der Waals surface area (Å²) in [5.41, 5.74) is 0.482. The number of benzene rings is 1. The van der Waals surface area contributed by atoms with Gasteiger partial charge in [-0.15, -0.1) is 0 Å². The number of nitrogens with one attached hydrogen (secondary N) is 1. The molecular formula is C15H19N3O2S. The van der Waals surface area contributed by atoms with E-state index in [0.717, 1.165) is 0 Å². The van der Waals surface area contributed by atoms with Crippen molar-refractivity contribution in [1.82, 2.24) is 14.9 Å². The summed E-state index contributed by atoms with van der Waals surface area (Å²) in [4.78, 5) is 16.9. The molecule has 1 aromatic heterocycles. The van der Waals surface area contributed by atoms with Gasteiger partial charge in [0.2, 0.25) is 0 Å². The molecule has 0 saturated heterocycles. The van der Waals surface area contributed by atoms with E-state index in [0.29, 0.717) is 22.8 Å². The van der Waals surface area contributed by atoms with Gasteiger partial charge < -0.3 is 9.88 Å². The topological polar surface area (TPSA) is 64.0 Å². The standard InChI is InChI=1S/C15H19N3O2S/c1-3-21(20)14-7-5-4-6-13(14)15(19)17-12(2)10-18-9-8-16-11-18/h4-9,11-12H,3,10H2,1-2H3,(H,17,19)/t12-,21+/m0/s1. The van der Waals surface area contributed by atoms with Crippen molar-refractivity contribution in [1.29, 1.82) is 0 Å². The quantitative estimate of drug-likeness (QED) is 0.885. The predicted octanol–water partition coefficient (Wildman–Crippen LogP) is 1.83. The van der Waals surface area contributed by atoms with Gasteiger partial charge in [0.1, 0.15) is 0 Å². The molecule has 1 amide bonds. The minimum absolute atomic E-state index is 0.0465. The Morgan fingerprint density at radius 1 is 1.43 bits per heavy atom. The Morgan fingerprint density at radius 3 is 2.86 bits per heavy atom. The molecular weight excluding hydrogens is 286 g/mol. The van der Waals surface area contributed by atoms with Crippen LogP contribution in [0.15, 0.2) is 47.9 Å². The van der Waals surface area contributed by atoms with Crippen LogP contribution >= 0.6 is 0 Å². The largest absolute Gasteiger partial charge is 0.348 e. The molecule has 0 aliphatic carbocycles. The van der Waals surface area contributed by atoms with Crippen LogP contribution in [0.3, 0.4) is 0 Å². The zero-order valence-corrected chi connectivity index (χ0v) is 13.0. The highest BCUT2D eigenvalue weighted by molar-refractivity contribution is 7.85. The summed E-state index contributed by atoms with van der Waals surface area (Å²) >= 11 is 0. The zero-order valence-electron chi connectivity index (χ0n) is 12.2. The number of imidazole rings is 1. The van der Waals surface area contributed by atoms with Crippen LogP contribution in [0, 0.1) is 0 Å². The Labute approximate surface area is 126 Å². The SMILES string of the molecule is CC[S@@](=O)c1ccccc1C(=O)N[C@@H](C)Cn1ccnc1. The van der Waals surface area contributed by atoms with Crippen molar-refractivity contribution in [3.8, 4) is 0 Å². The first-order chi connectivity index (χ1) is 10.1. The number of nitrogens with zero attached hydrogens (tertiary/aromatic N) is 2. The van der Waals surface area contributed by atoms with E-state index in [1.165, 1.54) is 0 Å². The number of carbonyl (C=O) groups excluding carboxylic acids is 1. The van der Waals surface area contributed by atoms with E-state index in [9.17, 15) is 9.00 Å². The normalized spacial score (nSPS) is 13.6. The number of amides is 1. The lowest BCUT2D eigenvalue weighted by molar-refractivity contribution is 0.0933. The Morgan fingerprint density at radius 2 is 2.19 bits per heavy atom. The fraction of sp³-hybridized carbons (Fsp3) is 0.333. The average molecular weight is 305 g/mol. The Balaban J connectivity index is 2.08. The highest BCUT2D eigenvalue weighted by Crippen LogP contribution is 2.14. The van der Waals surface area contributed by atoms with Gasteiger partial charge in [-0.25, -0.2) is 4.98 Å². The van der Waals surface area contributed by atoms with E-state index in [2.05, 4.69) is 10.3 Å². The molecule has 2 rings (SSSR count). The molecule has 0 spiro atoms. The third-order valence-electron chi connectivity index (χ3n) is 3.06. The molecule has 6 heteroatoms. The number of carbonyl (C=O) groups is 1. The third-order valence-corrected chi connectivity index (χ3v) is 4.43. The molecule has 1 heterocycles. The summed E-state index contributed by atoms with van der Waals surface area (Å²) < 4.78 is 13.9. The van der Waals surface area contributed by atoms with Gasteiger partial charge in [-0.05, 0) is 19.1 Å². The van der Waals surface area contributed by atoms with Gasteiger partial charge in [-0.1, -0.05) is 19.1 Å². The van der Waals surface area contributed by atoms with Crippen LogP contribution < -0.4 is 5.32 Å². The molecule has 0 aliphatic rings. The van der Waals surface area contributed by atoms with Gasteiger partial charge >= 0.3 is 0 Å². The Kier molecular flexibility index (Phi) is 5.27. The second-order valence-corrected chi connectivity index (χ2v) is 6.47. The van der Waals surface area contributed by atoms with E-state index in [4.69, 9.17) is 0 Å². The fourth-order valence-corrected chi connectivity index (χ4v) is 3.01. The molecule has 0 aliphatic heterocycles. The van der Waals surface area contributed by atoms with Crippen molar-refractivity contribution in [2.45, 2.75) is 31.3 Å². The number of rotatable bonds is 6. The lowest BCUT2D eigenvalue weighted by atomic mass is 10.2. The summed E-state index contributed by atoms with van der Waals surface area (Å²) in [6.45, 7) is 4.41. The average Bonchev–Trinajstić information content (AvgIpc) is 2.99. The van der Waals surface area contributed by atoms with E-state index >= 15 is 0 Å². The second kappa shape index (κ2) is 7.17. The number of aromatic nitrogens is 2. The second-order valence-electron chi connectivity index (χ2n) is 4.76. The third kappa shape index (κ3) is 4.01. The highest BCUT2D eigenvalue weighted by Gasteiger charge is 2.16. The van der Waals surface area contributed by atoms with Crippen molar-refractivity contribution in [2.24, 2.45) is 0 Å². The smallest absolute Gasteiger partial charge is 0.252 e. The molecule has 5 nitrogen and oxygen atoms in total. The van der Waals surface area contributed by atoms with E-state index in [1.54, 1.807) is 36.8 Å². The maximum Gasteiger partial charge on any atom is 0.252 e. The van der Waals surface area contributed by atoms with Gasteiger partial charge in [-0.2, -0.15) is 0 Å². The Bertz CT molecular complexity index is 626. The van der Waals surface area contributed by atoms with Crippen LogP contribution in [-0.4, -0.2) is 31.5 Å². The van der Waals surface area contributed by atoms with Crippen LogP contribution in [0.4, 0.5) is 0 Å². The summed E-state index contributed by atoms with van der Waals surface area (Å²) in [5.74, 6) is 0.300. The molecule has 0 saturated carbocycles.